The monoisotopic (exact) mass is 378 g/mol. The molecule has 0 spiro atoms. The van der Waals surface area contributed by atoms with Crippen LogP contribution in [0.25, 0.3) is 0 Å². The zero-order chi connectivity index (χ0) is 18.6. The molecule has 0 saturated carbocycles. The molecule has 0 bridgehead atoms. The molecule has 4 nitrogen and oxygen atoms in total. The summed E-state index contributed by atoms with van der Waals surface area (Å²) in [6.07, 6.45) is 0.133. The maximum atomic E-state index is 12.2. The van der Waals surface area contributed by atoms with Crippen molar-refractivity contribution in [2.24, 2.45) is 0 Å². The second-order valence-electron chi connectivity index (χ2n) is 5.84. The molecular formula is C19H20Cl2N2O2. The van der Waals surface area contributed by atoms with Crippen LogP contribution in [0.3, 0.4) is 0 Å². The number of para-hydroxylation sites is 1. The van der Waals surface area contributed by atoms with Crippen LogP contribution in [0.4, 0.5) is 11.4 Å². The number of rotatable bonds is 5. The highest BCUT2D eigenvalue weighted by Gasteiger charge is 2.19. The van der Waals surface area contributed by atoms with Gasteiger partial charge in [0, 0.05) is 25.6 Å². The Labute approximate surface area is 157 Å². The van der Waals surface area contributed by atoms with Gasteiger partial charge in [-0.05, 0) is 49.2 Å². The highest BCUT2D eigenvalue weighted by Crippen LogP contribution is 2.33. The van der Waals surface area contributed by atoms with Crippen LogP contribution in [-0.2, 0) is 9.59 Å². The largest absolute Gasteiger partial charge is 0.326 e. The van der Waals surface area contributed by atoms with Crippen LogP contribution in [0.5, 0.6) is 0 Å². The average molecular weight is 379 g/mol. The van der Waals surface area contributed by atoms with E-state index in [1.807, 2.05) is 32.0 Å². The molecule has 2 aromatic carbocycles. The third-order valence-electron chi connectivity index (χ3n) is 3.94. The maximum absolute atomic E-state index is 12.2. The molecule has 0 fully saturated rings. The standard InChI is InChI=1S/C19H20Cl2N2O2/c1-12-7-8-15(11-13(12)2)22-18(25)9-10-23(14(3)24)19-16(20)5-4-6-17(19)21/h4-8,11H,9-10H2,1-3H3,(H,22,25). The van der Waals surface area contributed by atoms with Crippen molar-refractivity contribution in [2.75, 3.05) is 16.8 Å². The van der Waals surface area contributed by atoms with Gasteiger partial charge in [-0.2, -0.15) is 0 Å². The van der Waals surface area contributed by atoms with Gasteiger partial charge in [-0.3, -0.25) is 9.59 Å². The highest BCUT2D eigenvalue weighted by atomic mass is 35.5. The van der Waals surface area contributed by atoms with Crippen LogP contribution in [0.2, 0.25) is 10.0 Å². The Bertz CT molecular complexity index is 786. The van der Waals surface area contributed by atoms with Crippen LogP contribution in [0.15, 0.2) is 36.4 Å². The van der Waals surface area contributed by atoms with Crippen molar-refractivity contribution in [3.63, 3.8) is 0 Å². The number of carbonyl (C=O) groups excluding carboxylic acids is 2. The maximum Gasteiger partial charge on any atom is 0.226 e. The number of halogens is 2. The first-order valence-electron chi connectivity index (χ1n) is 7.89. The molecule has 2 amide bonds. The van der Waals surface area contributed by atoms with E-state index in [-0.39, 0.29) is 24.8 Å². The molecule has 0 aliphatic heterocycles. The highest BCUT2D eigenvalue weighted by molar-refractivity contribution is 6.39. The van der Waals surface area contributed by atoms with E-state index in [0.29, 0.717) is 15.7 Å². The second-order valence-corrected chi connectivity index (χ2v) is 6.65. The van der Waals surface area contributed by atoms with Gasteiger partial charge >= 0.3 is 0 Å². The van der Waals surface area contributed by atoms with Crippen LogP contribution < -0.4 is 10.2 Å². The van der Waals surface area contributed by atoms with E-state index in [0.717, 1.165) is 16.8 Å². The Kier molecular flexibility index (Phi) is 6.45. The fraction of sp³-hybridized carbons (Fsp3) is 0.263. The van der Waals surface area contributed by atoms with E-state index in [9.17, 15) is 9.59 Å². The van der Waals surface area contributed by atoms with E-state index in [4.69, 9.17) is 23.2 Å². The average Bonchev–Trinajstić information content (AvgIpc) is 2.53. The summed E-state index contributed by atoms with van der Waals surface area (Å²) in [6, 6.07) is 10.8. The summed E-state index contributed by atoms with van der Waals surface area (Å²) in [7, 11) is 0. The molecule has 0 saturated heterocycles. The van der Waals surface area contributed by atoms with Crippen LogP contribution >= 0.6 is 23.2 Å². The van der Waals surface area contributed by atoms with Crippen molar-refractivity contribution in [2.45, 2.75) is 27.2 Å². The third-order valence-corrected chi connectivity index (χ3v) is 4.55. The fourth-order valence-electron chi connectivity index (χ4n) is 2.43. The topological polar surface area (TPSA) is 49.4 Å². The zero-order valence-electron chi connectivity index (χ0n) is 14.4. The summed E-state index contributed by atoms with van der Waals surface area (Å²) in [4.78, 5) is 25.6. The van der Waals surface area contributed by atoms with Crippen LogP contribution in [0, 0.1) is 13.8 Å². The lowest BCUT2D eigenvalue weighted by atomic mass is 10.1. The predicted molar refractivity (Wildman–Crippen MR) is 104 cm³/mol. The molecule has 1 N–H and O–H groups in total. The normalized spacial score (nSPS) is 10.4. The van der Waals surface area contributed by atoms with E-state index >= 15 is 0 Å². The smallest absolute Gasteiger partial charge is 0.226 e. The summed E-state index contributed by atoms with van der Waals surface area (Å²) in [5, 5.41) is 3.59. The summed E-state index contributed by atoms with van der Waals surface area (Å²) in [6.45, 7) is 5.61. The SMILES string of the molecule is CC(=O)N(CCC(=O)Nc1ccc(C)c(C)c1)c1c(Cl)cccc1Cl. The lowest BCUT2D eigenvalue weighted by molar-refractivity contribution is -0.117. The second kappa shape index (κ2) is 8.37. The van der Waals surface area contributed by atoms with Gasteiger partial charge in [-0.25, -0.2) is 0 Å². The number of amides is 2. The first-order chi connectivity index (χ1) is 11.8. The Morgan fingerprint density at radius 1 is 1.04 bits per heavy atom. The Morgan fingerprint density at radius 3 is 2.24 bits per heavy atom. The van der Waals surface area contributed by atoms with Gasteiger partial charge in [-0.15, -0.1) is 0 Å². The van der Waals surface area contributed by atoms with Gasteiger partial charge in [0.2, 0.25) is 11.8 Å². The molecule has 0 atom stereocenters. The number of aryl methyl sites for hydroxylation is 2. The molecule has 132 valence electrons. The number of hydrogen-bond acceptors (Lipinski definition) is 2. The quantitative estimate of drug-likeness (QED) is 0.796. The first-order valence-corrected chi connectivity index (χ1v) is 8.64. The van der Waals surface area contributed by atoms with Gasteiger partial charge in [0.15, 0.2) is 0 Å². The summed E-state index contributed by atoms with van der Waals surface area (Å²) in [5.74, 6) is -0.411. The minimum atomic E-state index is -0.228. The van der Waals surface area contributed by atoms with Crippen molar-refractivity contribution < 1.29 is 9.59 Å². The van der Waals surface area contributed by atoms with E-state index in [1.54, 1.807) is 18.2 Å². The molecule has 0 unspecified atom stereocenters. The number of anilines is 2. The Hall–Kier alpha value is -2.04. The number of nitrogens with zero attached hydrogens (tertiary/aromatic N) is 1. The molecule has 6 heteroatoms. The van der Waals surface area contributed by atoms with Crippen LogP contribution in [-0.4, -0.2) is 18.4 Å². The molecular weight excluding hydrogens is 359 g/mol. The number of benzene rings is 2. The Balaban J connectivity index is 2.07. The predicted octanol–water partition coefficient (Wildman–Crippen LogP) is 4.99. The minimum absolute atomic E-state index is 0.133. The summed E-state index contributed by atoms with van der Waals surface area (Å²) in [5.41, 5.74) is 3.43. The van der Waals surface area contributed by atoms with Crippen molar-refractivity contribution >= 4 is 46.4 Å². The lowest BCUT2D eigenvalue weighted by Crippen LogP contribution is -2.32. The third kappa shape index (κ3) is 4.97. The van der Waals surface area contributed by atoms with E-state index in [1.165, 1.54) is 11.8 Å². The van der Waals surface area contributed by atoms with E-state index < -0.39 is 0 Å². The molecule has 0 aliphatic carbocycles. The molecule has 2 aromatic rings. The van der Waals surface area contributed by atoms with Crippen molar-refractivity contribution in [3.8, 4) is 0 Å². The van der Waals surface area contributed by atoms with Crippen molar-refractivity contribution in [1.82, 2.24) is 0 Å². The van der Waals surface area contributed by atoms with Crippen LogP contribution in [0.1, 0.15) is 24.5 Å². The number of nitrogens with one attached hydrogen (secondary N) is 1. The van der Waals surface area contributed by atoms with Crippen molar-refractivity contribution in [1.29, 1.82) is 0 Å². The fourth-order valence-corrected chi connectivity index (χ4v) is 3.03. The van der Waals surface area contributed by atoms with Gasteiger partial charge in [0.25, 0.3) is 0 Å². The molecule has 0 aliphatic rings. The van der Waals surface area contributed by atoms with Gasteiger partial charge in [-0.1, -0.05) is 35.3 Å². The Morgan fingerprint density at radius 2 is 1.68 bits per heavy atom. The lowest BCUT2D eigenvalue weighted by Gasteiger charge is -2.23. The van der Waals surface area contributed by atoms with Crippen molar-refractivity contribution in [3.05, 3.63) is 57.6 Å². The molecule has 25 heavy (non-hydrogen) atoms. The number of hydrogen-bond donors (Lipinski definition) is 1. The first kappa shape index (κ1) is 19.3. The summed E-state index contributed by atoms with van der Waals surface area (Å²) < 4.78 is 0. The molecule has 0 aromatic heterocycles. The minimum Gasteiger partial charge on any atom is -0.326 e. The van der Waals surface area contributed by atoms with E-state index in [2.05, 4.69) is 5.32 Å². The number of carbonyl (C=O) groups is 2. The van der Waals surface area contributed by atoms with Gasteiger partial charge in [0.05, 0.1) is 15.7 Å². The molecule has 0 heterocycles. The van der Waals surface area contributed by atoms with Gasteiger partial charge < -0.3 is 10.2 Å². The molecule has 2 rings (SSSR count). The summed E-state index contributed by atoms with van der Waals surface area (Å²) >= 11 is 12.3. The van der Waals surface area contributed by atoms with Gasteiger partial charge in [0.1, 0.15) is 0 Å². The molecule has 0 radical (unpaired) electrons. The zero-order valence-corrected chi connectivity index (χ0v) is 15.9.